The molecule has 1 N–H and O–H groups in total. The van der Waals surface area contributed by atoms with Crippen LogP contribution in [0, 0.1) is 0 Å². The molecule has 0 aromatic heterocycles. The van der Waals surface area contributed by atoms with E-state index in [1.807, 2.05) is 18.2 Å². The summed E-state index contributed by atoms with van der Waals surface area (Å²) in [5.41, 5.74) is 2.04. The Morgan fingerprint density at radius 1 is 0.933 bits per heavy atom. The second-order valence-electron chi connectivity index (χ2n) is 7.04. The number of methoxy groups -OCH3 is 1. The van der Waals surface area contributed by atoms with Gasteiger partial charge in [0.15, 0.2) is 0 Å². The summed E-state index contributed by atoms with van der Waals surface area (Å²) in [7, 11) is -2.03. The van der Waals surface area contributed by atoms with Gasteiger partial charge in [0.05, 0.1) is 26.6 Å². The highest BCUT2D eigenvalue weighted by Gasteiger charge is 2.09. The van der Waals surface area contributed by atoms with Gasteiger partial charge in [-0.3, -0.25) is 13.8 Å². The summed E-state index contributed by atoms with van der Waals surface area (Å²) in [6.45, 7) is 0.576. The second kappa shape index (κ2) is 14.0. The van der Waals surface area contributed by atoms with Crippen molar-refractivity contribution in [3.63, 3.8) is 0 Å². The van der Waals surface area contributed by atoms with E-state index in [1.54, 1.807) is 0 Å². The van der Waals surface area contributed by atoms with Gasteiger partial charge in [-0.25, -0.2) is 0 Å². The molecule has 0 heterocycles. The van der Waals surface area contributed by atoms with Gasteiger partial charge >= 0.3 is 11.9 Å². The van der Waals surface area contributed by atoms with Crippen molar-refractivity contribution in [2.75, 3.05) is 26.6 Å². The Morgan fingerprint density at radius 2 is 1.67 bits per heavy atom. The average molecular weight is 445 g/mol. The molecule has 1 aromatic carbocycles. The lowest BCUT2D eigenvalue weighted by atomic mass is 9.97. The third-order valence-corrected chi connectivity index (χ3v) is 5.04. The molecule has 1 rings (SSSR count). The molecule has 0 aliphatic heterocycles. The lowest BCUT2D eigenvalue weighted by Crippen LogP contribution is -2.06. The monoisotopic (exact) mass is 444 g/mol. The Hall–Kier alpha value is -2.13. The number of unbranched alkanes of at least 4 members (excludes halogenated alkanes) is 3. The number of hydrogen-bond acceptors (Lipinski definition) is 7. The molecular formula is C21H32O8S. The highest BCUT2D eigenvalue weighted by atomic mass is 32.2. The molecule has 30 heavy (non-hydrogen) atoms. The van der Waals surface area contributed by atoms with Crippen LogP contribution < -0.4 is 4.74 Å². The lowest BCUT2D eigenvalue weighted by Gasteiger charge is -2.13. The van der Waals surface area contributed by atoms with Gasteiger partial charge in [0.1, 0.15) is 5.75 Å². The van der Waals surface area contributed by atoms with Crippen molar-refractivity contribution in [2.45, 2.75) is 57.8 Å². The quantitative estimate of drug-likeness (QED) is 0.235. The first-order valence-electron chi connectivity index (χ1n) is 10.1. The summed E-state index contributed by atoms with van der Waals surface area (Å²) in [5, 5.41) is 9.01. The molecule has 0 fully saturated rings. The van der Waals surface area contributed by atoms with Crippen LogP contribution in [0.4, 0.5) is 0 Å². The van der Waals surface area contributed by atoms with E-state index in [4.69, 9.17) is 14.0 Å². The van der Waals surface area contributed by atoms with Crippen LogP contribution in [0.15, 0.2) is 18.2 Å². The smallest absolute Gasteiger partial charge is 0.305 e. The molecule has 9 heteroatoms. The van der Waals surface area contributed by atoms with Crippen LogP contribution >= 0.6 is 0 Å². The molecule has 0 radical (unpaired) electrons. The van der Waals surface area contributed by atoms with Crippen LogP contribution in [0.5, 0.6) is 5.75 Å². The summed E-state index contributed by atoms with van der Waals surface area (Å²) >= 11 is 0. The van der Waals surface area contributed by atoms with Gasteiger partial charge < -0.3 is 14.6 Å². The first-order chi connectivity index (χ1) is 14.2. The molecule has 0 aliphatic rings. The van der Waals surface area contributed by atoms with Gasteiger partial charge in [0, 0.05) is 12.8 Å². The number of rotatable bonds is 16. The average Bonchev–Trinajstić information content (AvgIpc) is 2.68. The van der Waals surface area contributed by atoms with Crippen LogP contribution in [-0.4, -0.2) is 52.0 Å². The van der Waals surface area contributed by atoms with Gasteiger partial charge in [-0.2, -0.15) is 8.42 Å². The highest BCUT2D eigenvalue weighted by Crippen LogP contribution is 2.22. The zero-order valence-electron chi connectivity index (χ0n) is 17.7. The summed E-state index contributed by atoms with van der Waals surface area (Å²) < 4.78 is 36.8. The van der Waals surface area contributed by atoms with Crippen LogP contribution in [0.2, 0.25) is 0 Å². The molecule has 170 valence electrons. The fourth-order valence-corrected chi connectivity index (χ4v) is 3.32. The third kappa shape index (κ3) is 12.4. The van der Waals surface area contributed by atoms with Gasteiger partial charge in [0.25, 0.3) is 10.1 Å². The Labute approximate surface area is 178 Å². The molecule has 0 unspecified atom stereocenters. The number of aliphatic carboxylic acids is 1. The van der Waals surface area contributed by atoms with E-state index in [1.165, 1.54) is 7.11 Å². The first kappa shape index (κ1) is 25.9. The minimum Gasteiger partial charge on any atom is -0.494 e. The standard InChI is InChI=1S/C21H32O8S/c1-27-21(24)9-7-14-28-19-12-10-17(18(16-19)11-13-20(22)23)8-5-3-4-6-15-29-30(2,25)26/h10,12,16H,3-9,11,13-15H2,1-2H3,(H,22,23). The van der Waals surface area contributed by atoms with Crippen molar-refractivity contribution in [1.82, 2.24) is 0 Å². The molecule has 0 spiro atoms. The van der Waals surface area contributed by atoms with E-state index in [9.17, 15) is 18.0 Å². The number of esters is 1. The van der Waals surface area contributed by atoms with E-state index >= 15 is 0 Å². The molecule has 0 saturated carbocycles. The van der Waals surface area contributed by atoms with E-state index in [0.29, 0.717) is 31.6 Å². The second-order valence-corrected chi connectivity index (χ2v) is 8.69. The molecular weight excluding hydrogens is 412 g/mol. The Morgan fingerprint density at radius 3 is 2.33 bits per heavy atom. The van der Waals surface area contributed by atoms with Crippen LogP contribution in [0.3, 0.4) is 0 Å². The fraction of sp³-hybridized carbons (Fsp3) is 0.619. The maximum Gasteiger partial charge on any atom is 0.305 e. The summed E-state index contributed by atoms with van der Waals surface area (Å²) in [5.74, 6) is -0.475. The van der Waals surface area contributed by atoms with Crippen LogP contribution in [0.25, 0.3) is 0 Å². The fourth-order valence-electron chi connectivity index (χ4n) is 2.90. The molecule has 0 saturated heterocycles. The summed E-state index contributed by atoms with van der Waals surface area (Å²) in [4.78, 5) is 22.1. The minimum atomic E-state index is -3.38. The summed E-state index contributed by atoms with van der Waals surface area (Å²) in [6.07, 6.45) is 6.53. The predicted octanol–water partition coefficient (Wildman–Crippen LogP) is 3.11. The zero-order chi connectivity index (χ0) is 22.4. The molecule has 8 nitrogen and oxygen atoms in total. The molecule has 0 amide bonds. The number of hydrogen-bond donors (Lipinski definition) is 1. The molecule has 0 aliphatic carbocycles. The molecule has 0 atom stereocenters. The number of carbonyl (C=O) groups is 2. The number of benzene rings is 1. The van der Waals surface area contributed by atoms with Crippen molar-refractivity contribution in [3.8, 4) is 5.75 Å². The van der Waals surface area contributed by atoms with Crippen molar-refractivity contribution in [2.24, 2.45) is 0 Å². The number of carbonyl (C=O) groups excluding carboxylic acids is 1. The van der Waals surface area contributed by atoms with Crippen LogP contribution in [-0.2, 0) is 41.5 Å². The molecule has 1 aromatic rings. The lowest BCUT2D eigenvalue weighted by molar-refractivity contribution is -0.141. The number of carboxylic acids is 1. The molecule has 0 bridgehead atoms. The topological polar surface area (TPSA) is 116 Å². The van der Waals surface area contributed by atoms with Gasteiger partial charge in [-0.1, -0.05) is 18.9 Å². The van der Waals surface area contributed by atoms with Gasteiger partial charge in [0.2, 0.25) is 0 Å². The van der Waals surface area contributed by atoms with E-state index in [2.05, 4.69) is 4.74 Å². The van der Waals surface area contributed by atoms with E-state index < -0.39 is 16.1 Å². The van der Waals surface area contributed by atoms with Crippen molar-refractivity contribution in [3.05, 3.63) is 29.3 Å². The van der Waals surface area contributed by atoms with Gasteiger partial charge in [-0.05, 0) is 55.4 Å². The Balaban J connectivity index is 2.51. The van der Waals surface area contributed by atoms with Gasteiger partial charge in [-0.15, -0.1) is 0 Å². The largest absolute Gasteiger partial charge is 0.494 e. The van der Waals surface area contributed by atoms with Crippen molar-refractivity contribution < 1.29 is 36.8 Å². The maximum absolute atomic E-state index is 11.1. The number of carboxylic acid groups (broad SMARTS) is 1. The summed E-state index contributed by atoms with van der Waals surface area (Å²) in [6, 6.07) is 5.69. The Bertz CT molecular complexity index is 773. The van der Waals surface area contributed by atoms with E-state index in [-0.39, 0.29) is 25.4 Å². The third-order valence-electron chi connectivity index (χ3n) is 4.45. The van der Waals surface area contributed by atoms with E-state index in [0.717, 1.165) is 43.1 Å². The Kier molecular flexibility index (Phi) is 12.1. The van der Waals surface area contributed by atoms with Crippen LogP contribution in [0.1, 0.15) is 56.1 Å². The SMILES string of the molecule is COC(=O)CCCOc1ccc(CCCCCCOS(C)(=O)=O)c(CCC(=O)O)c1. The van der Waals surface area contributed by atoms with Crippen molar-refractivity contribution in [1.29, 1.82) is 0 Å². The van der Waals surface area contributed by atoms with Crippen molar-refractivity contribution >= 4 is 22.1 Å². The normalized spacial score (nSPS) is 11.3. The maximum atomic E-state index is 11.1. The minimum absolute atomic E-state index is 0.0433. The zero-order valence-corrected chi connectivity index (χ0v) is 18.5. The highest BCUT2D eigenvalue weighted by molar-refractivity contribution is 7.85. The predicted molar refractivity (Wildman–Crippen MR) is 112 cm³/mol. The number of aryl methyl sites for hydroxylation is 2. The first-order valence-corrected chi connectivity index (χ1v) is 11.9. The number of ether oxygens (including phenoxy) is 2.